The maximum atomic E-state index is 12.3. The number of amides is 1. The molecular formula is C13H27NO3. The van der Waals surface area contributed by atoms with E-state index < -0.39 is 0 Å². The molecule has 0 aliphatic heterocycles. The lowest BCUT2D eigenvalue weighted by molar-refractivity contribution is -0.137. The standard InChI is InChI=1S/C13H27NO3/c1-4-6-12(7-5-2)13(16)14(8-10-15)9-11-17-3/h12,15H,4-11H2,1-3H3. The fraction of sp³-hybridized carbons (Fsp3) is 0.923. The van der Waals surface area contributed by atoms with Crippen LogP contribution in [0.4, 0.5) is 0 Å². The number of aliphatic hydroxyl groups is 1. The van der Waals surface area contributed by atoms with Crippen LogP contribution in [-0.4, -0.2) is 49.3 Å². The van der Waals surface area contributed by atoms with Crippen LogP contribution in [0.15, 0.2) is 0 Å². The van der Waals surface area contributed by atoms with Crippen LogP contribution >= 0.6 is 0 Å². The van der Waals surface area contributed by atoms with Crippen LogP contribution in [0.3, 0.4) is 0 Å². The number of methoxy groups -OCH3 is 1. The normalized spacial score (nSPS) is 10.9. The summed E-state index contributed by atoms with van der Waals surface area (Å²) < 4.78 is 4.99. The van der Waals surface area contributed by atoms with Gasteiger partial charge in [0.25, 0.3) is 0 Å². The zero-order chi connectivity index (χ0) is 13.1. The molecule has 17 heavy (non-hydrogen) atoms. The number of aliphatic hydroxyl groups excluding tert-OH is 1. The van der Waals surface area contributed by atoms with E-state index in [1.807, 2.05) is 0 Å². The molecule has 0 unspecified atom stereocenters. The summed E-state index contributed by atoms with van der Waals surface area (Å²) in [5.74, 6) is 0.271. The zero-order valence-corrected chi connectivity index (χ0v) is 11.4. The molecule has 0 radical (unpaired) electrons. The van der Waals surface area contributed by atoms with Crippen molar-refractivity contribution in [3.05, 3.63) is 0 Å². The lowest BCUT2D eigenvalue weighted by atomic mass is 9.96. The van der Waals surface area contributed by atoms with Gasteiger partial charge in [-0.25, -0.2) is 0 Å². The fourth-order valence-electron chi connectivity index (χ4n) is 2.00. The zero-order valence-electron chi connectivity index (χ0n) is 11.4. The number of hydrogen-bond donors (Lipinski definition) is 1. The van der Waals surface area contributed by atoms with Crippen molar-refractivity contribution in [2.45, 2.75) is 39.5 Å². The summed E-state index contributed by atoms with van der Waals surface area (Å²) in [5.41, 5.74) is 0. The van der Waals surface area contributed by atoms with Crippen LogP contribution in [0.25, 0.3) is 0 Å². The molecule has 4 heteroatoms. The molecule has 0 aromatic rings. The highest BCUT2D eigenvalue weighted by Crippen LogP contribution is 2.16. The van der Waals surface area contributed by atoms with Crippen LogP contribution in [0.2, 0.25) is 0 Å². The highest BCUT2D eigenvalue weighted by Gasteiger charge is 2.22. The van der Waals surface area contributed by atoms with E-state index in [4.69, 9.17) is 9.84 Å². The topological polar surface area (TPSA) is 49.8 Å². The second-order valence-electron chi connectivity index (χ2n) is 4.32. The average Bonchev–Trinajstić information content (AvgIpc) is 2.33. The maximum absolute atomic E-state index is 12.3. The third-order valence-electron chi connectivity index (χ3n) is 2.87. The van der Waals surface area contributed by atoms with Crippen LogP contribution in [0, 0.1) is 5.92 Å². The van der Waals surface area contributed by atoms with E-state index >= 15 is 0 Å². The Morgan fingerprint density at radius 1 is 1.24 bits per heavy atom. The summed E-state index contributed by atoms with van der Waals surface area (Å²) in [5, 5.41) is 8.99. The highest BCUT2D eigenvalue weighted by molar-refractivity contribution is 5.78. The van der Waals surface area contributed by atoms with Gasteiger partial charge in [0.15, 0.2) is 0 Å². The number of hydrogen-bond acceptors (Lipinski definition) is 3. The van der Waals surface area contributed by atoms with Gasteiger partial charge in [-0.05, 0) is 12.8 Å². The number of rotatable bonds is 10. The Kier molecular flexibility index (Phi) is 10.2. The third-order valence-corrected chi connectivity index (χ3v) is 2.87. The van der Waals surface area contributed by atoms with E-state index in [9.17, 15) is 4.79 Å². The summed E-state index contributed by atoms with van der Waals surface area (Å²) in [6.07, 6.45) is 3.91. The summed E-state index contributed by atoms with van der Waals surface area (Å²) >= 11 is 0. The van der Waals surface area contributed by atoms with Gasteiger partial charge in [-0.15, -0.1) is 0 Å². The first-order valence-corrected chi connectivity index (χ1v) is 6.59. The molecule has 0 aliphatic rings. The molecule has 0 aromatic carbocycles. The molecular weight excluding hydrogens is 218 g/mol. The molecule has 0 rings (SSSR count). The van der Waals surface area contributed by atoms with Crippen LogP contribution in [-0.2, 0) is 9.53 Å². The molecule has 102 valence electrons. The Balaban J connectivity index is 4.40. The Morgan fingerprint density at radius 3 is 2.24 bits per heavy atom. The minimum Gasteiger partial charge on any atom is -0.395 e. The lowest BCUT2D eigenvalue weighted by Gasteiger charge is -2.26. The van der Waals surface area contributed by atoms with E-state index in [-0.39, 0.29) is 18.4 Å². The van der Waals surface area contributed by atoms with Crippen molar-refractivity contribution in [3.63, 3.8) is 0 Å². The Bertz CT molecular complexity index is 191. The van der Waals surface area contributed by atoms with E-state index in [0.717, 1.165) is 25.7 Å². The monoisotopic (exact) mass is 245 g/mol. The quantitative estimate of drug-likeness (QED) is 0.637. The Labute approximate surface area is 105 Å². The number of nitrogens with zero attached hydrogens (tertiary/aromatic N) is 1. The second kappa shape index (κ2) is 10.5. The minimum absolute atomic E-state index is 0.0143. The van der Waals surface area contributed by atoms with E-state index in [0.29, 0.717) is 19.7 Å². The molecule has 0 fully saturated rings. The maximum Gasteiger partial charge on any atom is 0.225 e. The summed E-state index contributed by atoms with van der Waals surface area (Å²) in [4.78, 5) is 14.0. The van der Waals surface area contributed by atoms with Crippen molar-refractivity contribution < 1.29 is 14.6 Å². The van der Waals surface area contributed by atoms with Crippen LogP contribution in [0.5, 0.6) is 0 Å². The predicted molar refractivity (Wildman–Crippen MR) is 68.8 cm³/mol. The SMILES string of the molecule is CCCC(CCC)C(=O)N(CCO)CCOC. The average molecular weight is 245 g/mol. The van der Waals surface area contributed by atoms with Gasteiger partial charge < -0.3 is 14.7 Å². The van der Waals surface area contributed by atoms with Gasteiger partial charge in [-0.1, -0.05) is 26.7 Å². The van der Waals surface area contributed by atoms with Crippen LogP contribution < -0.4 is 0 Å². The molecule has 0 saturated carbocycles. The Hall–Kier alpha value is -0.610. The van der Waals surface area contributed by atoms with Crippen molar-refractivity contribution in [1.29, 1.82) is 0 Å². The number of carbonyl (C=O) groups is 1. The predicted octanol–water partition coefficient (Wildman–Crippen LogP) is 1.67. The Morgan fingerprint density at radius 2 is 1.82 bits per heavy atom. The molecule has 0 saturated heterocycles. The minimum atomic E-state index is 0.0143. The molecule has 0 heterocycles. The molecule has 0 atom stereocenters. The molecule has 0 spiro atoms. The largest absolute Gasteiger partial charge is 0.395 e. The van der Waals surface area contributed by atoms with Gasteiger partial charge in [-0.3, -0.25) is 4.79 Å². The smallest absolute Gasteiger partial charge is 0.225 e. The second-order valence-corrected chi connectivity index (χ2v) is 4.32. The summed E-state index contributed by atoms with van der Waals surface area (Å²) in [6.45, 7) is 5.71. The third kappa shape index (κ3) is 6.64. The van der Waals surface area contributed by atoms with Crippen LogP contribution in [0.1, 0.15) is 39.5 Å². The van der Waals surface area contributed by atoms with Crippen molar-refractivity contribution in [2.24, 2.45) is 5.92 Å². The van der Waals surface area contributed by atoms with Crippen molar-refractivity contribution in [2.75, 3.05) is 33.4 Å². The van der Waals surface area contributed by atoms with Gasteiger partial charge >= 0.3 is 0 Å². The van der Waals surface area contributed by atoms with E-state index in [1.165, 1.54) is 0 Å². The fourth-order valence-corrected chi connectivity index (χ4v) is 2.00. The first kappa shape index (κ1) is 16.4. The van der Waals surface area contributed by atoms with Gasteiger partial charge in [0.1, 0.15) is 0 Å². The summed E-state index contributed by atoms with van der Waals surface area (Å²) in [6, 6.07) is 0. The van der Waals surface area contributed by atoms with Gasteiger partial charge in [0, 0.05) is 26.1 Å². The van der Waals surface area contributed by atoms with Gasteiger partial charge in [0.2, 0.25) is 5.91 Å². The van der Waals surface area contributed by atoms with Gasteiger partial charge in [0.05, 0.1) is 13.2 Å². The van der Waals surface area contributed by atoms with E-state index in [1.54, 1.807) is 12.0 Å². The molecule has 0 aliphatic carbocycles. The first-order valence-electron chi connectivity index (χ1n) is 6.59. The number of carbonyl (C=O) groups excluding carboxylic acids is 1. The molecule has 0 aromatic heterocycles. The molecule has 1 amide bonds. The first-order chi connectivity index (χ1) is 8.21. The van der Waals surface area contributed by atoms with Gasteiger partial charge in [-0.2, -0.15) is 0 Å². The summed E-state index contributed by atoms with van der Waals surface area (Å²) in [7, 11) is 1.62. The van der Waals surface area contributed by atoms with Crippen molar-refractivity contribution in [1.82, 2.24) is 4.90 Å². The highest BCUT2D eigenvalue weighted by atomic mass is 16.5. The molecule has 1 N–H and O–H groups in total. The molecule has 0 bridgehead atoms. The van der Waals surface area contributed by atoms with E-state index in [2.05, 4.69) is 13.8 Å². The van der Waals surface area contributed by atoms with Crippen molar-refractivity contribution >= 4 is 5.91 Å². The molecule has 4 nitrogen and oxygen atoms in total. The van der Waals surface area contributed by atoms with Crippen molar-refractivity contribution in [3.8, 4) is 0 Å². The number of ether oxygens (including phenoxy) is 1. The lowest BCUT2D eigenvalue weighted by Crippen LogP contribution is -2.40.